The highest BCUT2D eigenvalue weighted by molar-refractivity contribution is 14.1. The first-order chi connectivity index (χ1) is 18.1. The van der Waals surface area contributed by atoms with E-state index in [1.54, 1.807) is 42.5 Å². The van der Waals surface area contributed by atoms with Crippen molar-refractivity contribution in [1.82, 2.24) is 5.32 Å². The van der Waals surface area contributed by atoms with E-state index in [-0.39, 0.29) is 12.2 Å². The third-order valence-electron chi connectivity index (χ3n) is 5.92. The van der Waals surface area contributed by atoms with Crippen LogP contribution in [0.3, 0.4) is 0 Å². The smallest absolute Gasteiger partial charge is 0.335 e. The molecule has 0 spiro atoms. The van der Waals surface area contributed by atoms with Crippen molar-refractivity contribution in [3.05, 3.63) is 90.0 Å². The number of carbonyl (C=O) groups excluding carboxylic acids is 3. The maximum absolute atomic E-state index is 13.3. The molecule has 10 heteroatoms. The van der Waals surface area contributed by atoms with E-state index in [1.165, 1.54) is 6.08 Å². The van der Waals surface area contributed by atoms with Gasteiger partial charge in [-0.15, -0.1) is 0 Å². The molecule has 1 fully saturated rings. The summed E-state index contributed by atoms with van der Waals surface area (Å²) in [5.74, 6) is -0.609. The highest BCUT2D eigenvalue weighted by Crippen LogP contribution is 2.37. The summed E-state index contributed by atoms with van der Waals surface area (Å²) in [5, 5.41) is 3.22. The van der Waals surface area contributed by atoms with Gasteiger partial charge >= 0.3 is 6.03 Å². The summed E-state index contributed by atoms with van der Waals surface area (Å²) in [5.41, 5.74) is 3.28. The molecule has 0 aromatic heterocycles. The van der Waals surface area contributed by atoms with E-state index >= 15 is 0 Å². The van der Waals surface area contributed by atoms with E-state index < -0.39 is 17.8 Å². The molecule has 1 aliphatic heterocycles. The van der Waals surface area contributed by atoms with Gasteiger partial charge in [-0.25, -0.2) is 9.69 Å². The van der Waals surface area contributed by atoms with Crippen LogP contribution in [-0.4, -0.2) is 24.5 Å². The number of carbonyl (C=O) groups is 3. The predicted molar refractivity (Wildman–Crippen MR) is 156 cm³/mol. The van der Waals surface area contributed by atoms with E-state index in [0.717, 1.165) is 16.0 Å². The molecule has 0 bridgehead atoms. The number of aryl methyl sites for hydroxylation is 2. The van der Waals surface area contributed by atoms with E-state index in [9.17, 15) is 14.4 Å². The second-order valence-electron chi connectivity index (χ2n) is 8.48. The van der Waals surface area contributed by atoms with Crippen molar-refractivity contribution in [3.63, 3.8) is 0 Å². The molecule has 196 valence electrons. The van der Waals surface area contributed by atoms with Gasteiger partial charge in [0, 0.05) is 15.6 Å². The summed E-state index contributed by atoms with van der Waals surface area (Å²) in [6, 6.07) is 13.0. The number of urea groups is 1. The van der Waals surface area contributed by atoms with Crippen molar-refractivity contribution < 1.29 is 23.9 Å². The van der Waals surface area contributed by atoms with Gasteiger partial charge in [-0.05, 0) is 103 Å². The number of nitrogens with one attached hydrogen (secondary N) is 1. The van der Waals surface area contributed by atoms with Gasteiger partial charge in [0.2, 0.25) is 0 Å². The van der Waals surface area contributed by atoms with Crippen LogP contribution in [0, 0.1) is 17.4 Å². The summed E-state index contributed by atoms with van der Waals surface area (Å²) >= 11 is 14.6. The number of anilines is 1. The topological polar surface area (TPSA) is 84.9 Å². The summed E-state index contributed by atoms with van der Waals surface area (Å²) in [6.45, 7) is 6.11. The summed E-state index contributed by atoms with van der Waals surface area (Å²) < 4.78 is 12.5. The zero-order chi connectivity index (χ0) is 27.6. The Kier molecular flexibility index (Phi) is 8.64. The van der Waals surface area contributed by atoms with Crippen LogP contribution in [0.15, 0.2) is 54.1 Å². The third-order valence-corrected chi connectivity index (χ3v) is 7.43. The van der Waals surface area contributed by atoms with Crippen LogP contribution >= 0.6 is 45.8 Å². The van der Waals surface area contributed by atoms with Crippen LogP contribution in [0.25, 0.3) is 6.08 Å². The lowest BCUT2D eigenvalue weighted by molar-refractivity contribution is -0.122. The number of hydrogen-bond donors (Lipinski definition) is 1. The highest BCUT2D eigenvalue weighted by atomic mass is 127. The fraction of sp³-hybridized carbons (Fsp3) is 0.179. The zero-order valence-corrected chi connectivity index (χ0v) is 24.4. The van der Waals surface area contributed by atoms with Gasteiger partial charge in [-0.3, -0.25) is 14.9 Å². The zero-order valence-electron chi connectivity index (χ0n) is 20.7. The number of benzene rings is 3. The molecular formula is C28H23Cl2IN2O5. The SMILES string of the molecule is CCOc1cc(/C=C2\C(=O)NC(=O)N(c3ccc(C)c(C)c3)C2=O)cc(I)c1OCc1c(Cl)cccc1Cl. The minimum absolute atomic E-state index is 0.114. The Balaban J connectivity index is 1.68. The fourth-order valence-electron chi connectivity index (χ4n) is 3.81. The van der Waals surface area contributed by atoms with E-state index in [1.807, 2.05) is 26.8 Å². The number of rotatable bonds is 7. The van der Waals surface area contributed by atoms with E-state index in [2.05, 4.69) is 27.9 Å². The maximum Gasteiger partial charge on any atom is 0.335 e. The highest BCUT2D eigenvalue weighted by Gasteiger charge is 2.37. The van der Waals surface area contributed by atoms with Gasteiger partial charge in [-0.1, -0.05) is 35.3 Å². The van der Waals surface area contributed by atoms with Gasteiger partial charge in [0.05, 0.1) is 15.9 Å². The molecule has 0 radical (unpaired) electrons. The first-order valence-corrected chi connectivity index (χ1v) is 13.4. The van der Waals surface area contributed by atoms with Gasteiger partial charge in [0.15, 0.2) is 11.5 Å². The van der Waals surface area contributed by atoms with Crippen LogP contribution in [0.4, 0.5) is 10.5 Å². The summed E-state index contributed by atoms with van der Waals surface area (Å²) in [6.07, 6.45) is 1.43. The number of barbiturate groups is 1. The molecule has 0 atom stereocenters. The molecule has 1 heterocycles. The van der Waals surface area contributed by atoms with Gasteiger partial charge in [-0.2, -0.15) is 0 Å². The van der Waals surface area contributed by atoms with Crippen LogP contribution in [-0.2, 0) is 16.2 Å². The molecule has 3 aromatic rings. The maximum atomic E-state index is 13.3. The Hall–Kier alpha value is -3.08. The largest absolute Gasteiger partial charge is 0.490 e. The van der Waals surface area contributed by atoms with Crippen LogP contribution in [0.2, 0.25) is 10.0 Å². The first-order valence-electron chi connectivity index (χ1n) is 11.6. The second-order valence-corrected chi connectivity index (χ2v) is 10.5. The van der Waals surface area contributed by atoms with E-state index in [4.69, 9.17) is 32.7 Å². The Morgan fingerprint density at radius 3 is 2.34 bits per heavy atom. The minimum atomic E-state index is -0.799. The van der Waals surface area contributed by atoms with E-state index in [0.29, 0.717) is 48.5 Å². The molecule has 1 saturated heterocycles. The molecular weight excluding hydrogens is 642 g/mol. The fourth-order valence-corrected chi connectivity index (χ4v) is 5.10. The van der Waals surface area contributed by atoms with Crippen molar-refractivity contribution in [2.45, 2.75) is 27.4 Å². The Labute approximate surface area is 243 Å². The lowest BCUT2D eigenvalue weighted by Crippen LogP contribution is -2.54. The molecule has 1 N–H and O–H groups in total. The van der Waals surface area contributed by atoms with Crippen LogP contribution in [0.5, 0.6) is 11.5 Å². The second kappa shape index (κ2) is 11.8. The summed E-state index contributed by atoms with van der Waals surface area (Å²) in [4.78, 5) is 39.5. The molecule has 1 aliphatic rings. The third kappa shape index (κ3) is 5.82. The van der Waals surface area contributed by atoms with Crippen molar-refractivity contribution in [1.29, 1.82) is 0 Å². The van der Waals surface area contributed by atoms with Crippen molar-refractivity contribution in [2.24, 2.45) is 0 Å². The molecule has 4 rings (SSSR count). The normalized spacial score (nSPS) is 14.6. The Morgan fingerprint density at radius 1 is 0.974 bits per heavy atom. The Morgan fingerprint density at radius 2 is 1.68 bits per heavy atom. The molecule has 38 heavy (non-hydrogen) atoms. The molecule has 4 amide bonds. The van der Waals surface area contributed by atoms with Crippen molar-refractivity contribution in [3.8, 4) is 11.5 Å². The molecule has 7 nitrogen and oxygen atoms in total. The molecule has 0 aliphatic carbocycles. The standard InChI is InChI=1S/C28H23Cl2IN2O5/c1-4-37-24-13-17(12-23(31)25(24)38-14-20-21(29)6-5-7-22(20)30)11-19-26(34)32-28(36)33(27(19)35)18-9-8-15(2)16(3)10-18/h5-13H,4,14H2,1-3H3,(H,32,34,36)/b19-11+. The molecule has 3 aromatic carbocycles. The van der Waals surface area contributed by atoms with Crippen molar-refractivity contribution >= 4 is 75.4 Å². The van der Waals surface area contributed by atoms with Gasteiger partial charge in [0.25, 0.3) is 11.8 Å². The number of amides is 4. The van der Waals surface area contributed by atoms with Crippen molar-refractivity contribution in [2.75, 3.05) is 11.5 Å². The number of nitrogens with zero attached hydrogens (tertiary/aromatic N) is 1. The average Bonchev–Trinajstić information content (AvgIpc) is 2.85. The number of halogens is 3. The van der Waals surface area contributed by atoms with Gasteiger partial charge in [0.1, 0.15) is 12.2 Å². The average molecular weight is 665 g/mol. The number of ether oxygens (including phenoxy) is 2. The lowest BCUT2D eigenvalue weighted by atomic mass is 10.0. The summed E-state index contributed by atoms with van der Waals surface area (Å²) in [7, 11) is 0. The predicted octanol–water partition coefficient (Wildman–Crippen LogP) is 6.86. The molecule has 0 unspecified atom stereocenters. The molecule has 0 saturated carbocycles. The number of imide groups is 2. The monoisotopic (exact) mass is 664 g/mol. The quantitative estimate of drug-likeness (QED) is 0.170. The Bertz CT molecular complexity index is 1470. The van der Waals surface area contributed by atoms with Gasteiger partial charge < -0.3 is 9.47 Å². The number of hydrogen-bond acceptors (Lipinski definition) is 5. The van der Waals surface area contributed by atoms with Crippen LogP contribution in [0.1, 0.15) is 29.2 Å². The first kappa shape index (κ1) is 27.9. The minimum Gasteiger partial charge on any atom is -0.490 e. The lowest BCUT2D eigenvalue weighted by Gasteiger charge is -2.27. The van der Waals surface area contributed by atoms with Crippen LogP contribution < -0.4 is 19.7 Å².